The van der Waals surface area contributed by atoms with Crippen LogP contribution in [0.2, 0.25) is 0 Å². The Morgan fingerprint density at radius 1 is 0.765 bits per heavy atom. The van der Waals surface area contributed by atoms with Crippen LogP contribution in [0.15, 0.2) is 48.5 Å². The molecule has 34 heavy (non-hydrogen) atoms. The summed E-state index contributed by atoms with van der Waals surface area (Å²) in [5.74, 6) is 0.253. The van der Waals surface area contributed by atoms with E-state index >= 15 is 0 Å². The van der Waals surface area contributed by atoms with Crippen molar-refractivity contribution in [2.24, 2.45) is 11.8 Å². The van der Waals surface area contributed by atoms with Crippen LogP contribution >= 0.6 is 27.5 Å². The fourth-order valence-corrected chi connectivity index (χ4v) is 4.93. The number of benzene rings is 2. The van der Waals surface area contributed by atoms with Crippen molar-refractivity contribution in [3.05, 3.63) is 71.3 Å². The predicted molar refractivity (Wildman–Crippen MR) is 138 cm³/mol. The second kappa shape index (κ2) is 16.1. The van der Waals surface area contributed by atoms with Gasteiger partial charge < -0.3 is 0 Å². The minimum atomic E-state index is -0.256. The Labute approximate surface area is 215 Å². The van der Waals surface area contributed by atoms with E-state index < -0.39 is 0 Å². The van der Waals surface area contributed by atoms with Gasteiger partial charge in [0, 0.05) is 23.6 Å². The van der Waals surface area contributed by atoms with Gasteiger partial charge in [-0.3, -0.25) is 9.59 Å². The smallest absolute Gasteiger partial charge is 0.224 e. The van der Waals surface area contributed by atoms with Crippen LogP contribution in [0.1, 0.15) is 75.3 Å². The SMILES string of the molecule is Fc1cccc(CBr)c1.O=C(Cc1cccc(F)c1)C1CCCCC1.O=C(Cl)C1CCCCC1. The van der Waals surface area contributed by atoms with E-state index in [0.717, 1.165) is 36.8 Å². The van der Waals surface area contributed by atoms with E-state index in [2.05, 4.69) is 15.9 Å². The first-order valence-electron chi connectivity index (χ1n) is 12.2. The number of hydrogen-bond donors (Lipinski definition) is 0. The monoisotopic (exact) mass is 554 g/mol. The van der Waals surface area contributed by atoms with E-state index in [4.69, 9.17) is 11.6 Å². The van der Waals surface area contributed by atoms with Gasteiger partial charge in [-0.1, -0.05) is 78.7 Å². The topological polar surface area (TPSA) is 34.1 Å². The Morgan fingerprint density at radius 3 is 1.65 bits per heavy atom. The number of carbonyl (C=O) groups is 2. The maximum Gasteiger partial charge on any atom is 0.224 e. The highest BCUT2D eigenvalue weighted by Gasteiger charge is 2.21. The van der Waals surface area contributed by atoms with E-state index in [1.165, 1.54) is 62.8 Å². The summed E-state index contributed by atoms with van der Waals surface area (Å²) in [6.45, 7) is 0. The Kier molecular flexibility index (Phi) is 13.6. The molecule has 0 unspecified atom stereocenters. The second-order valence-corrected chi connectivity index (χ2v) is 9.94. The van der Waals surface area contributed by atoms with Gasteiger partial charge in [-0.25, -0.2) is 8.78 Å². The molecule has 0 saturated heterocycles. The fraction of sp³-hybridized carbons (Fsp3) is 0.500. The zero-order valence-corrected chi connectivity index (χ0v) is 21.9. The van der Waals surface area contributed by atoms with Crippen molar-refractivity contribution >= 4 is 38.6 Å². The van der Waals surface area contributed by atoms with Crippen LogP contribution in [-0.2, 0) is 21.3 Å². The summed E-state index contributed by atoms with van der Waals surface area (Å²) in [5.41, 5.74) is 1.77. The van der Waals surface area contributed by atoms with Crippen LogP contribution < -0.4 is 0 Å². The van der Waals surface area contributed by atoms with Crippen LogP contribution in [0.4, 0.5) is 8.78 Å². The quantitative estimate of drug-likeness (QED) is 0.273. The summed E-state index contributed by atoms with van der Waals surface area (Å²) in [7, 11) is 0. The van der Waals surface area contributed by atoms with Gasteiger partial charge in [-0.05, 0) is 72.7 Å². The molecule has 0 aliphatic heterocycles. The van der Waals surface area contributed by atoms with Gasteiger partial charge in [-0.2, -0.15) is 0 Å². The number of Topliss-reactive ketones (excluding diaryl/α,β-unsaturated/α-hetero) is 1. The lowest BCUT2D eigenvalue weighted by molar-refractivity contribution is -0.123. The van der Waals surface area contributed by atoms with E-state index in [-0.39, 0.29) is 34.5 Å². The molecule has 0 bridgehead atoms. The maximum atomic E-state index is 12.9. The van der Waals surface area contributed by atoms with Gasteiger partial charge in [0.2, 0.25) is 5.24 Å². The minimum absolute atomic E-state index is 0.130. The molecule has 2 nitrogen and oxygen atoms in total. The number of rotatable bonds is 5. The third kappa shape index (κ3) is 11.2. The lowest BCUT2D eigenvalue weighted by Crippen LogP contribution is -2.19. The highest BCUT2D eigenvalue weighted by atomic mass is 79.9. The van der Waals surface area contributed by atoms with Gasteiger partial charge in [-0.15, -0.1) is 0 Å². The highest BCUT2D eigenvalue weighted by Crippen LogP contribution is 2.26. The zero-order valence-electron chi connectivity index (χ0n) is 19.6. The van der Waals surface area contributed by atoms with E-state index in [1.54, 1.807) is 12.1 Å². The fourth-order valence-electron chi connectivity index (χ4n) is 4.37. The van der Waals surface area contributed by atoms with Crippen molar-refractivity contribution < 1.29 is 18.4 Å². The standard InChI is InChI=1S/C14H17FO.C7H6BrF.C7H11ClO/c15-13-8-4-5-11(9-13)10-14(16)12-6-2-1-3-7-12;8-5-6-2-1-3-7(9)4-6;8-7(9)6-4-2-1-3-5-6/h4-5,8-9,12H,1-3,6-7,10H2;1-4H,5H2;6H,1-5H2. The molecule has 186 valence electrons. The minimum Gasteiger partial charge on any atom is -0.299 e. The molecule has 0 aromatic heterocycles. The van der Waals surface area contributed by atoms with Crippen molar-refractivity contribution in [2.75, 3.05) is 0 Å². The molecule has 2 aromatic carbocycles. The second-order valence-electron chi connectivity index (χ2n) is 9.01. The van der Waals surface area contributed by atoms with Crippen LogP contribution in [0.25, 0.3) is 0 Å². The molecule has 0 radical (unpaired) electrons. The van der Waals surface area contributed by atoms with Crippen LogP contribution in [-0.4, -0.2) is 11.0 Å². The van der Waals surface area contributed by atoms with Gasteiger partial charge in [0.1, 0.15) is 17.4 Å². The molecule has 0 amide bonds. The van der Waals surface area contributed by atoms with E-state index in [9.17, 15) is 18.4 Å². The molecule has 0 heterocycles. The summed E-state index contributed by atoms with van der Waals surface area (Å²) >= 11 is 8.54. The van der Waals surface area contributed by atoms with Gasteiger partial charge in [0.05, 0.1) is 0 Å². The van der Waals surface area contributed by atoms with Gasteiger partial charge in [0.15, 0.2) is 0 Å². The van der Waals surface area contributed by atoms with Crippen LogP contribution in [0, 0.1) is 23.5 Å². The van der Waals surface area contributed by atoms with Crippen molar-refractivity contribution in [3.8, 4) is 0 Å². The van der Waals surface area contributed by atoms with Crippen molar-refractivity contribution in [1.82, 2.24) is 0 Å². The summed E-state index contributed by atoms with van der Waals surface area (Å²) in [6, 6.07) is 12.9. The number of hydrogen-bond acceptors (Lipinski definition) is 2. The first kappa shape index (κ1) is 28.6. The van der Waals surface area contributed by atoms with Crippen molar-refractivity contribution in [1.29, 1.82) is 0 Å². The van der Waals surface area contributed by atoms with E-state index in [1.807, 2.05) is 12.1 Å². The average Bonchev–Trinajstić information content (AvgIpc) is 2.86. The number of alkyl halides is 1. The van der Waals surface area contributed by atoms with Crippen molar-refractivity contribution in [3.63, 3.8) is 0 Å². The Hall–Kier alpha value is -1.59. The number of halogens is 4. The molecule has 0 N–H and O–H groups in total. The first-order valence-corrected chi connectivity index (χ1v) is 13.7. The van der Waals surface area contributed by atoms with Crippen LogP contribution in [0.5, 0.6) is 0 Å². The summed E-state index contributed by atoms with van der Waals surface area (Å²) in [4.78, 5) is 22.5. The van der Waals surface area contributed by atoms with Crippen molar-refractivity contribution in [2.45, 2.75) is 76.0 Å². The highest BCUT2D eigenvalue weighted by molar-refractivity contribution is 9.08. The Balaban J connectivity index is 0.000000194. The molecule has 4 rings (SSSR count). The molecule has 2 aliphatic carbocycles. The third-order valence-electron chi connectivity index (χ3n) is 6.30. The lowest BCUT2D eigenvalue weighted by atomic mass is 9.84. The molecule has 0 atom stereocenters. The Morgan fingerprint density at radius 2 is 1.24 bits per heavy atom. The third-order valence-corrected chi connectivity index (χ3v) is 7.25. The molecule has 2 aromatic rings. The molecular formula is C28H34BrClF2O2. The number of carbonyl (C=O) groups excluding carboxylic acids is 2. The lowest BCUT2D eigenvalue weighted by Gasteiger charge is -2.20. The average molecular weight is 556 g/mol. The number of ketones is 1. The van der Waals surface area contributed by atoms with Gasteiger partial charge in [0.25, 0.3) is 0 Å². The molecule has 2 fully saturated rings. The van der Waals surface area contributed by atoms with E-state index in [0.29, 0.717) is 11.8 Å². The summed E-state index contributed by atoms with van der Waals surface area (Å²) in [6.07, 6.45) is 11.7. The summed E-state index contributed by atoms with van der Waals surface area (Å²) < 4.78 is 25.3. The zero-order chi connectivity index (χ0) is 24.8. The van der Waals surface area contributed by atoms with Crippen LogP contribution in [0.3, 0.4) is 0 Å². The molecular weight excluding hydrogens is 522 g/mol. The van der Waals surface area contributed by atoms with Gasteiger partial charge >= 0.3 is 0 Å². The Bertz CT molecular complexity index is 893. The molecule has 0 spiro atoms. The summed E-state index contributed by atoms with van der Waals surface area (Å²) in [5, 5.41) is 0.583. The largest absolute Gasteiger partial charge is 0.299 e. The molecule has 2 aliphatic rings. The predicted octanol–water partition coefficient (Wildman–Crippen LogP) is 8.57. The maximum absolute atomic E-state index is 12.9. The molecule has 2 saturated carbocycles. The first-order chi connectivity index (χ1) is 16.4. The molecule has 6 heteroatoms. The normalized spacial score (nSPS) is 16.5.